The van der Waals surface area contributed by atoms with Gasteiger partial charge in [-0.25, -0.2) is 14.3 Å². The number of benzene rings is 2. The molecule has 0 unspecified atom stereocenters. The molecule has 1 aromatic heterocycles. The number of ether oxygens (including phenoxy) is 1. The van der Waals surface area contributed by atoms with Crippen molar-refractivity contribution in [2.24, 2.45) is 0 Å². The van der Waals surface area contributed by atoms with Crippen molar-refractivity contribution in [3.05, 3.63) is 69.6 Å². The highest BCUT2D eigenvalue weighted by molar-refractivity contribution is 6.30. The van der Waals surface area contributed by atoms with Gasteiger partial charge in [0.25, 0.3) is 5.91 Å². The van der Waals surface area contributed by atoms with Crippen LogP contribution >= 0.6 is 11.6 Å². The fourth-order valence-corrected chi connectivity index (χ4v) is 3.52. The lowest BCUT2D eigenvalue weighted by Crippen LogP contribution is -2.49. The van der Waals surface area contributed by atoms with Crippen LogP contribution in [-0.2, 0) is 28.8 Å². The van der Waals surface area contributed by atoms with Crippen molar-refractivity contribution in [2.75, 3.05) is 11.6 Å². The van der Waals surface area contributed by atoms with Gasteiger partial charge in [-0.05, 0) is 43.3 Å². The molecule has 0 bridgehead atoms. The number of carbonyl (C=O) groups is 2. The third-order valence-corrected chi connectivity index (χ3v) is 5.33. The maximum atomic E-state index is 13.5. The van der Waals surface area contributed by atoms with Crippen LogP contribution in [0.1, 0.15) is 18.9 Å². The highest BCUT2D eigenvalue weighted by atomic mass is 35.5. The van der Waals surface area contributed by atoms with E-state index in [9.17, 15) is 40.7 Å². The molecule has 2 aromatic carbocycles. The van der Waals surface area contributed by atoms with Gasteiger partial charge in [0, 0.05) is 17.1 Å². The summed E-state index contributed by atoms with van der Waals surface area (Å²) in [5.74, 6) is -1.40. The van der Waals surface area contributed by atoms with Crippen LogP contribution in [0.15, 0.2) is 53.3 Å². The summed E-state index contributed by atoms with van der Waals surface area (Å²) in [4.78, 5) is 38.1. The minimum Gasteiger partial charge on any atom is -0.448 e. The first-order valence-corrected chi connectivity index (χ1v) is 11.5. The second kappa shape index (κ2) is 11.8. The maximum absolute atomic E-state index is 13.5. The first kappa shape index (κ1) is 29.5. The number of rotatable bonds is 7. The minimum absolute atomic E-state index is 0.210. The molecule has 9 nitrogen and oxygen atoms in total. The largest absolute Gasteiger partial charge is 0.448 e. The Bertz CT molecular complexity index is 1390. The molecule has 2 amide bonds. The molecule has 39 heavy (non-hydrogen) atoms. The van der Waals surface area contributed by atoms with Crippen molar-refractivity contribution in [3.63, 3.8) is 0 Å². The van der Waals surface area contributed by atoms with Crippen LogP contribution in [0.3, 0.4) is 0 Å². The minimum atomic E-state index is -4.91. The predicted molar refractivity (Wildman–Crippen MR) is 127 cm³/mol. The lowest BCUT2D eigenvalue weighted by molar-refractivity contribution is -0.137. The van der Waals surface area contributed by atoms with Crippen molar-refractivity contribution in [3.8, 4) is 11.4 Å². The molecule has 1 N–H and O–H groups in total. The first-order chi connectivity index (χ1) is 18.2. The van der Waals surface area contributed by atoms with Crippen molar-refractivity contribution >= 4 is 29.3 Å². The second-order valence-corrected chi connectivity index (χ2v) is 8.31. The zero-order valence-corrected chi connectivity index (χ0v) is 20.8. The summed E-state index contributed by atoms with van der Waals surface area (Å²) >= 11 is 5.84. The van der Waals surface area contributed by atoms with Crippen LogP contribution in [-0.4, -0.2) is 39.1 Å². The molecule has 3 aromatic rings. The third-order valence-electron chi connectivity index (χ3n) is 5.07. The zero-order valence-electron chi connectivity index (χ0n) is 20.0. The number of para-hydroxylation sites is 1. The molecule has 0 spiro atoms. The number of alkyl halides is 6. The lowest BCUT2D eigenvalue weighted by Gasteiger charge is -2.25. The van der Waals surface area contributed by atoms with Crippen molar-refractivity contribution in [1.82, 2.24) is 19.8 Å². The summed E-state index contributed by atoms with van der Waals surface area (Å²) in [6, 6.07) is 9.48. The lowest BCUT2D eigenvalue weighted by atomic mass is 10.1. The number of carbonyl (C=O) groups excluding carboxylic acids is 2. The van der Waals surface area contributed by atoms with Crippen LogP contribution < -0.4 is 16.1 Å². The van der Waals surface area contributed by atoms with Gasteiger partial charge in [-0.1, -0.05) is 23.7 Å². The molecule has 0 aliphatic rings. The van der Waals surface area contributed by atoms with Crippen LogP contribution in [0, 0.1) is 0 Å². The SMILES string of the molecule is CCOC(=O)N(NC(=O)Cn1nc(-c2ccc(Cl)cc2)n(CCC(F)(F)F)c1=O)c1ccccc1C(F)(F)F. The van der Waals surface area contributed by atoms with Crippen LogP contribution in [0.2, 0.25) is 5.02 Å². The summed E-state index contributed by atoms with van der Waals surface area (Å²) in [6.45, 7) is -0.635. The van der Waals surface area contributed by atoms with E-state index in [1.54, 1.807) is 0 Å². The van der Waals surface area contributed by atoms with Crippen molar-refractivity contribution in [2.45, 2.75) is 38.8 Å². The highest BCUT2D eigenvalue weighted by Crippen LogP contribution is 2.36. The van der Waals surface area contributed by atoms with Gasteiger partial charge in [-0.15, -0.1) is 5.10 Å². The quantitative estimate of drug-likeness (QED) is 0.313. The molecular weight excluding hydrogens is 560 g/mol. The first-order valence-electron chi connectivity index (χ1n) is 11.1. The fraction of sp³-hybridized carbons (Fsp3) is 0.304. The molecule has 0 aliphatic carbocycles. The summed E-state index contributed by atoms with van der Waals surface area (Å²) in [7, 11) is 0. The Hall–Kier alpha value is -4.01. The second-order valence-electron chi connectivity index (χ2n) is 7.87. The molecule has 0 saturated heterocycles. The zero-order chi connectivity index (χ0) is 29.0. The van der Waals surface area contributed by atoms with E-state index in [0.29, 0.717) is 20.3 Å². The number of halogens is 7. The van der Waals surface area contributed by atoms with E-state index in [1.807, 2.05) is 5.43 Å². The standard InChI is InChI=1S/C23H20ClF6N5O4/c1-2-39-21(38)35(17-6-4-3-5-16(17)23(28,29)30)31-18(36)13-34-20(37)33(12-11-22(25,26)27)19(32-34)14-7-9-15(24)10-8-14/h3-10H,2,11-13H2,1H3,(H,31,36). The van der Waals surface area contributed by atoms with E-state index >= 15 is 0 Å². The Morgan fingerprint density at radius 2 is 1.69 bits per heavy atom. The summed E-state index contributed by atoms with van der Waals surface area (Å²) < 4.78 is 85.3. The Balaban J connectivity index is 1.96. The van der Waals surface area contributed by atoms with Gasteiger partial charge >= 0.3 is 24.1 Å². The molecule has 16 heteroatoms. The molecule has 3 rings (SSSR count). The number of amides is 2. The Morgan fingerprint density at radius 1 is 1.05 bits per heavy atom. The van der Waals surface area contributed by atoms with E-state index in [1.165, 1.54) is 37.3 Å². The predicted octanol–water partition coefficient (Wildman–Crippen LogP) is 5.03. The number of hydrazine groups is 1. The normalized spacial score (nSPS) is 11.8. The Morgan fingerprint density at radius 3 is 2.28 bits per heavy atom. The number of aromatic nitrogens is 3. The number of nitrogens with zero attached hydrogens (tertiary/aromatic N) is 4. The van der Waals surface area contributed by atoms with Gasteiger partial charge in [-0.2, -0.15) is 31.4 Å². The molecule has 0 radical (unpaired) electrons. The molecule has 210 valence electrons. The Labute approximate surface area is 221 Å². The topological polar surface area (TPSA) is 98.5 Å². The van der Waals surface area contributed by atoms with Crippen LogP contribution in [0.4, 0.5) is 36.8 Å². The average molecular weight is 580 g/mol. The van der Waals surface area contributed by atoms with E-state index in [2.05, 4.69) is 5.10 Å². The maximum Gasteiger partial charge on any atom is 0.433 e. The van der Waals surface area contributed by atoms with Gasteiger partial charge in [-0.3, -0.25) is 14.8 Å². The highest BCUT2D eigenvalue weighted by Gasteiger charge is 2.37. The molecule has 0 fully saturated rings. The fourth-order valence-electron chi connectivity index (χ4n) is 3.39. The third kappa shape index (κ3) is 7.52. The molecule has 1 heterocycles. The van der Waals surface area contributed by atoms with Gasteiger partial charge in [0.2, 0.25) is 0 Å². The average Bonchev–Trinajstić information content (AvgIpc) is 3.15. The monoisotopic (exact) mass is 579 g/mol. The van der Waals surface area contributed by atoms with Gasteiger partial charge < -0.3 is 4.74 Å². The van der Waals surface area contributed by atoms with Crippen LogP contribution in [0.25, 0.3) is 11.4 Å². The molecule has 0 atom stereocenters. The van der Waals surface area contributed by atoms with Crippen LogP contribution in [0.5, 0.6) is 0 Å². The van der Waals surface area contributed by atoms with Crippen molar-refractivity contribution < 1.29 is 40.7 Å². The number of hydrogen-bond donors (Lipinski definition) is 1. The number of hydrogen-bond acceptors (Lipinski definition) is 5. The van der Waals surface area contributed by atoms with E-state index in [0.717, 1.165) is 12.1 Å². The van der Waals surface area contributed by atoms with E-state index < -0.39 is 60.8 Å². The molecule has 0 saturated carbocycles. The Kier molecular flexibility index (Phi) is 8.94. The number of anilines is 1. The summed E-state index contributed by atoms with van der Waals surface area (Å²) in [5, 5.41) is 4.48. The van der Waals surface area contributed by atoms with Crippen molar-refractivity contribution in [1.29, 1.82) is 0 Å². The van der Waals surface area contributed by atoms with E-state index in [-0.39, 0.29) is 23.0 Å². The summed E-state index contributed by atoms with van der Waals surface area (Å²) in [6.07, 6.45) is -12.3. The van der Waals surface area contributed by atoms with Gasteiger partial charge in [0.05, 0.1) is 24.3 Å². The smallest absolute Gasteiger partial charge is 0.433 e. The molecular formula is C23H20ClF6N5O4. The van der Waals surface area contributed by atoms with E-state index in [4.69, 9.17) is 16.3 Å². The van der Waals surface area contributed by atoms with Gasteiger partial charge in [0.1, 0.15) is 6.54 Å². The number of nitrogens with one attached hydrogen (secondary N) is 1. The molecule has 0 aliphatic heterocycles. The summed E-state index contributed by atoms with van der Waals surface area (Å²) in [5.41, 5.74) is -0.964. The van der Waals surface area contributed by atoms with Gasteiger partial charge in [0.15, 0.2) is 5.82 Å².